The number of rotatable bonds is 3. The summed E-state index contributed by atoms with van der Waals surface area (Å²) in [7, 11) is -3.43. The van der Waals surface area contributed by atoms with Crippen LogP contribution in [-0.4, -0.2) is 19.7 Å². The summed E-state index contributed by atoms with van der Waals surface area (Å²) in [4.78, 5) is 4.02. The van der Waals surface area contributed by atoms with Crippen molar-refractivity contribution in [3.8, 4) is 28.3 Å². The van der Waals surface area contributed by atoms with Crippen LogP contribution < -0.4 is 5.73 Å². The van der Waals surface area contributed by atoms with Gasteiger partial charge in [-0.05, 0) is 41.0 Å². The summed E-state index contributed by atoms with van der Waals surface area (Å²) in [5, 5.41) is 9.84. The van der Waals surface area contributed by atoms with Gasteiger partial charge in [-0.15, -0.1) is 0 Å². The number of nitriles is 1. The van der Waals surface area contributed by atoms with Gasteiger partial charge in [0.2, 0.25) is 0 Å². The normalized spacial score (nSPS) is 12.0. The van der Waals surface area contributed by atoms with E-state index in [2.05, 4.69) is 4.98 Å². The lowest BCUT2D eigenvalue weighted by Crippen LogP contribution is -2.08. The molecule has 2 N–H and O–H groups in total. The molecule has 0 radical (unpaired) electrons. The highest BCUT2D eigenvalue weighted by atomic mass is 32.2. The van der Waals surface area contributed by atoms with E-state index in [4.69, 9.17) is 5.73 Å². The van der Waals surface area contributed by atoms with E-state index in [0.717, 1.165) is 12.3 Å². The molecule has 1 heterocycles. The molecule has 0 fully saturated rings. The van der Waals surface area contributed by atoms with Gasteiger partial charge in [-0.1, -0.05) is 42.5 Å². The minimum Gasteiger partial charge on any atom is -0.383 e. The quantitative estimate of drug-likeness (QED) is 0.432. The molecule has 3 aromatic carbocycles. The van der Waals surface area contributed by atoms with Crippen LogP contribution in [0.25, 0.3) is 33.2 Å². The van der Waals surface area contributed by atoms with Crippen LogP contribution in [0.2, 0.25) is 0 Å². The van der Waals surface area contributed by atoms with E-state index in [-0.39, 0.29) is 32.7 Å². The summed E-state index contributed by atoms with van der Waals surface area (Å²) in [5.74, 6) is -0.304. The molecule has 0 aliphatic heterocycles. The number of nitrogens with two attached hydrogens (primary N) is 1. The Hall–Kier alpha value is -3.90. The van der Waals surface area contributed by atoms with Gasteiger partial charge in [-0.2, -0.15) is 18.4 Å². The van der Waals surface area contributed by atoms with Gasteiger partial charge in [0.05, 0.1) is 16.0 Å². The highest BCUT2D eigenvalue weighted by Gasteiger charge is 2.34. The van der Waals surface area contributed by atoms with Gasteiger partial charge in [0.15, 0.2) is 9.84 Å². The molecule has 0 atom stereocenters. The molecule has 0 spiro atoms. The number of anilines is 1. The molecule has 4 aromatic rings. The molecule has 9 heteroatoms. The maximum absolute atomic E-state index is 13.6. The standard InChI is InChI=1S/C24H16F3N3O2S/c1-33(31,32)17-8-3-6-15(12-17)14-5-2-7-16(11-14)21-18-9-4-10-20(24(25,26)27)22(18)30-23(29)19(21)13-28/h2-12H,1H3,(H2,29,30). The number of halogens is 3. The smallest absolute Gasteiger partial charge is 0.383 e. The van der Waals surface area contributed by atoms with Crippen molar-refractivity contribution < 1.29 is 21.6 Å². The third-order valence-electron chi connectivity index (χ3n) is 5.21. The number of nitrogens with zero attached hydrogens (tertiary/aromatic N) is 2. The minimum absolute atomic E-state index is 0.0381. The fourth-order valence-electron chi connectivity index (χ4n) is 3.71. The van der Waals surface area contributed by atoms with Crippen LogP contribution in [0.3, 0.4) is 0 Å². The molecule has 0 aliphatic carbocycles. The van der Waals surface area contributed by atoms with Gasteiger partial charge >= 0.3 is 6.18 Å². The molecule has 0 unspecified atom stereocenters. The highest BCUT2D eigenvalue weighted by Crippen LogP contribution is 2.40. The molecular formula is C24H16F3N3O2S. The predicted molar refractivity (Wildman–Crippen MR) is 120 cm³/mol. The van der Waals surface area contributed by atoms with E-state index >= 15 is 0 Å². The molecule has 0 saturated heterocycles. The molecular weight excluding hydrogens is 451 g/mol. The molecule has 0 saturated carbocycles. The van der Waals surface area contributed by atoms with Crippen LogP contribution in [0.15, 0.2) is 71.6 Å². The predicted octanol–water partition coefficient (Wildman–Crippen LogP) is 5.44. The number of sulfone groups is 1. The third-order valence-corrected chi connectivity index (χ3v) is 6.32. The lowest BCUT2D eigenvalue weighted by molar-refractivity contribution is -0.136. The molecule has 0 aliphatic rings. The first-order chi connectivity index (χ1) is 15.5. The van der Waals surface area contributed by atoms with Gasteiger partial charge < -0.3 is 5.73 Å². The van der Waals surface area contributed by atoms with Crippen LogP contribution in [0.4, 0.5) is 19.0 Å². The van der Waals surface area contributed by atoms with E-state index in [1.807, 2.05) is 6.07 Å². The number of para-hydroxylation sites is 1. The van der Waals surface area contributed by atoms with Crippen molar-refractivity contribution in [2.75, 3.05) is 12.0 Å². The Bertz CT molecular complexity index is 1560. The average Bonchev–Trinajstić information content (AvgIpc) is 2.76. The van der Waals surface area contributed by atoms with Crippen molar-refractivity contribution >= 4 is 26.6 Å². The van der Waals surface area contributed by atoms with Gasteiger partial charge in [-0.3, -0.25) is 0 Å². The second kappa shape index (κ2) is 7.90. The number of nitrogen functional groups attached to an aromatic ring is 1. The van der Waals surface area contributed by atoms with Gasteiger partial charge in [0.1, 0.15) is 17.5 Å². The third kappa shape index (κ3) is 4.13. The van der Waals surface area contributed by atoms with Crippen molar-refractivity contribution in [1.82, 2.24) is 4.98 Å². The van der Waals surface area contributed by atoms with Crippen molar-refractivity contribution in [3.05, 3.63) is 77.9 Å². The second-order valence-electron chi connectivity index (χ2n) is 7.44. The Kier molecular flexibility index (Phi) is 5.34. The fraction of sp³-hybridized carbons (Fsp3) is 0.0833. The van der Waals surface area contributed by atoms with Crippen LogP contribution >= 0.6 is 0 Å². The summed E-state index contributed by atoms with van der Waals surface area (Å²) in [6, 6.07) is 18.7. The molecule has 5 nitrogen and oxygen atoms in total. The average molecular weight is 467 g/mol. The van der Waals surface area contributed by atoms with E-state index in [9.17, 15) is 26.9 Å². The monoisotopic (exact) mass is 467 g/mol. The Balaban J connectivity index is 2.01. The maximum Gasteiger partial charge on any atom is 0.418 e. The zero-order chi connectivity index (χ0) is 24.0. The zero-order valence-electron chi connectivity index (χ0n) is 17.2. The maximum atomic E-state index is 13.6. The van der Waals surface area contributed by atoms with Crippen molar-refractivity contribution in [2.24, 2.45) is 0 Å². The Morgan fingerprint density at radius 2 is 1.55 bits per heavy atom. The molecule has 33 heavy (non-hydrogen) atoms. The zero-order valence-corrected chi connectivity index (χ0v) is 18.0. The van der Waals surface area contributed by atoms with Crippen molar-refractivity contribution in [3.63, 3.8) is 0 Å². The molecule has 166 valence electrons. The summed E-state index contributed by atoms with van der Waals surface area (Å²) in [5.41, 5.74) is 6.46. The summed E-state index contributed by atoms with van der Waals surface area (Å²) in [6.45, 7) is 0. The van der Waals surface area contributed by atoms with Gasteiger partial charge in [0, 0.05) is 17.2 Å². The van der Waals surface area contributed by atoms with Crippen LogP contribution in [-0.2, 0) is 16.0 Å². The largest absolute Gasteiger partial charge is 0.418 e. The number of aromatic nitrogens is 1. The first-order valence-electron chi connectivity index (χ1n) is 9.61. The number of benzene rings is 3. The Morgan fingerprint density at radius 3 is 2.18 bits per heavy atom. The van der Waals surface area contributed by atoms with Crippen molar-refractivity contribution in [1.29, 1.82) is 5.26 Å². The van der Waals surface area contributed by atoms with E-state index < -0.39 is 21.6 Å². The number of fused-ring (bicyclic) bond motifs is 1. The second-order valence-corrected chi connectivity index (χ2v) is 9.45. The first-order valence-corrected chi connectivity index (χ1v) is 11.5. The van der Waals surface area contributed by atoms with Crippen LogP contribution in [0.1, 0.15) is 11.1 Å². The topological polar surface area (TPSA) is 96.8 Å². The van der Waals surface area contributed by atoms with E-state index in [1.165, 1.54) is 24.3 Å². The molecule has 1 aromatic heterocycles. The summed E-state index contributed by atoms with van der Waals surface area (Å²) < 4.78 is 64.6. The first kappa shape index (κ1) is 22.3. The summed E-state index contributed by atoms with van der Waals surface area (Å²) >= 11 is 0. The number of hydrogen-bond donors (Lipinski definition) is 1. The lowest BCUT2D eigenvalue weighted by Gasteiger charge is -2.16. The van der Waals surface area contributed by atoms with Crippen LogP contribution in [0, 0.1) is 11.3 Å². The van der Waals surface area contributed by atoms with Crippen molar-refractivity contribution in [2.45, 2.75) is 11.1 Å². The number of hydrogen-bond acceptors (Lipinski definition) is 5. The van der Waals surface area contributed by atoms with E-state index in [0.29, 0.717) is 16.7 Å². The van der Waals surface area contributed by atoms with Gasteiger partial charge in [-0.25, -0.2) is 13.4 Å². The van der Waals surface area contributed by atoms with E-state index in [1.54, 1.807) is 36.4 Å². The SMILES string of the molecule is CS(=O)(=O)c1cccc(-c2cccc(-c3c(C#N)c(N)nc4c(C(F)(F)F)cccc34)c2)c1. The molecule has 4 rings (SSSR count). The fourth-order valence-corrected chi connectivity index (χ4v) is 4.37. The summed E-state index contributed by atoms with van der Waals surface area (Å²) in [6.07, 6.45) is -3.55. The number of pyridine rings is 1. The lowest BCUT2D eigenvalue weighted by atomic mass is 9.92. The molecule has 0 bridgehead atoms. The van der Waals surface area contributed by atoms with Crippen LogP contribution in [0.5, 0.6) is 0 Å². The Morgan fingerprint density at radius 1 is 0.939 bits per heavy atom. The number of alkyl halides is 3. The minimum atomic E-state index is -4.65. The Labute approximate surface area is 187 Å². The molecule has 0 amide bonds. The van der Waals surface area contributed by atoms with Gasteiger partial charge in [0.25, 0.3) is 0 Å². The highest BCUT2D eigenvalue weighted by molar-refractivity contribution is 7.90.